The Morgan fingerprint density at radius 1 is 1.00 bits per heavy atom. The quantitative estimate of drug-likeness (QED) is 0.521. The summed E-state index contributed by atoms with van der Waals surface area (Å²) in [5.41, 5.74) is 1.22. The Balaban J connectivity index is 3.06. The summed E-state index contributed by atoms with van der Waals surface area (Å²) < 4.78 is 6.52. The first-order valence-corrected chi connectivity index (χ1v) is 9.31. The van der Waals surface area contributed by atoms with E-state index in [9.17, 15) is 0 Å². The van der Waals surface area contributed by atoms with Gasteiger partial charge in [-0.2, -0.15) is 0 Å². The number of rotatable bonds is 7. The minimum atomic E-state index is -1.86. The van der Waals surface area contributed by atoms with Crippen molar-refractivity contribution in [2.45, 2.75) is 58.5 Å². The van der Waals surface area contributed by atoms with E-state index in [4.69, 9.17) is 4.43 Å². The van der Waals surface area contributed by atoms with Crippen LogP contribution in [-0.4, -0.2) is 14.9 Å². The molecule has 0 bridgehead atoms. The van der Waals surface area contributed by atoms with Gasteiger partial charge in [-0.15, -0.1) is 0 Å². The van der Waals surface area contributed by atoms with E-state index >= 15 is 0 Å². The van der Waals surface area contributed by atoms with Gasteiger partial charge in [-0.3, -0.25) is 0 Å². The molecule has 0 saturated heterocycles. The summed E-state index contributed by atoms with van der Waals surface area (Å²) in [6, 6.07) is 10.9. The first kappa shape index (κ1) is 15.5. The van der Waals surface area contributed by atoms with Gasteiger partial charge in [-0.05, 0) is 22.7 Å². The van der Waals surface area contributed by atoms with E-state index < -0.39 is 8.32 Å². The highest BCUT2D eigenvalue weighted by Gasteiger charge is 2.43. The molecule has 0 unspecified atom stereocenters. The lowest BCUT2D eigenvalue weighted by molar-refractivity contribution is 0.287. The van der Waals surface area contributed by atoms with Crippen LogP contribution in [0.2, 0.25) is 11.1 Å². The second-order valence-electron chi connectivity index (χ2n) is 5.67. The Labute approximate surface area is 114 Å². The molecule has 0 radical (unpaired) electrons. The maximum Gasteiger partial charge on any atom is 0.229 e. The van der Waals surface area contributed by atoms with E-state index in [1.165, 1.54) is 18.0 Å². The highest BCUT2D eigenvalue weighted by Crippen LogP contribution is 2.33. The lowest BCUT2D eigenvalue weighted by Crippen LogP contribution is -2.56. The van der Waals surface area contributed by atoms with Gasteiger partial charge in [0.2, 0.25) is 8.32 Å². The maximum absolute atomic E-state index is 6.52. The predicted octanol–water partition coefficient (Wildman–Crippen LogP) is 4.48. The molecule has 1 nitrogen and oxygen atoms in total. The van der Waals surface area contributed by atoms with E-state index in [1.54, 1.807) is 0 Å². The molecule has 0 saturated carbocycles. The van der Waals surface area contributed by atoms with Crippen molar-refractivity contribution in [3.63, 3.8) is 0 Å². The van der Waals surface area contributed by atoms with Crippen molar-refractivity contribution < 1.29 is 4.43 Å². The van der Waals surface area contributed by atoms with Gasteiger partial charge in [-0.25, -0.2) is 0 Å². The van der Waals surface area contributed by atoms with Crippen LogP contribution in [0, 0.1) is 0 Å². The van der Waals surface area contributed by atoms with Gasteiger partial charge < -0.3 is 4.43 Å². The van der Waals surface area contributed by atoms with Gasteiger partial charge in [-0.1, -0.05) is 71.4 Å². The summed E-state index contributed by atoms with van der Waals surface area (Å²) in [6.07, 6.45) is 2.37. The van der Waals surface area contributed by atoms with Gasteiger partial charge in [0.05, 0.1) is 0 Å². The predicted molar refractivity (Wildman–Crippen MR) is 82.9 cm³/mol. The number of hydrogen-bond acceptors (Lipinski definition) is 1. The molecule has 0 spiro atoms. The van der Waals surface area contributed by atoms with Crippen LogP contribution in [-0.2, 0) is 4.43 Å². The fourth-order valence-electron chi connectivity index (χ4n) is 2.83. The van der Waals surface area contributed by atoms with Crippen molar-refractivity contribution in [3.05, 3.63) is 30.3 Å². The molecule has 0 fully saturated rings. The fourth-order valence-corrected chi connectivity index (χ4v) is 7.53. The highest BCUT2D eigenvalue weighted by molar-refractivity contribution is 6.88. The molecular weight excluding hydrogens is 236 g/mol. The molecule has 0 aliphatic carbocycles. The van der Waals surface area contributed by atoms with Crippen LogP contribution in [0.15, 0.2) is 30.3 Å². The third-order valence-electron chi connectivity index (χ3n) is 3.78. The average molecular weight is 264 g/mol. The van der Waals surface area contributed by atoms with Crippen LogP contribution in [0.3, 0.4) is 0 Å². The van der Waals surface area contributed by atoms with Gasteiger partial charge in [0, 0.05) is 6.61 Å². The standard InChI is InChI=1S/C16H28OSi/c1-6-7-13-17-18(14(2)3,15(4)5)16-11-9-8-10-12-16/h8-12,14-15H,6-7,13H2,1-5H3. The third-order valence-corrected chi connectivity index (χ3v) is 9.13. The fraction of sp³-hybridized carbons (Fsp3) is 0.625. The van der Waals surface area contributed by atoms with Gasteiger partial charge in [0.1, 0.15) is 0 Å². The van der Waals surface area contributed by atoms with Crippen LogP contribution in [0.5, 0.6) is 0 Å². The molecule has 2 heteroatoms. The molecule has 0 aliphatic rings. The van der Waals surface area contributed by atoms with Gasteiger partial charge >= 0.3 is 0 Å². The topological polar surface area (TPSA) is 9.23 Å². The van der Waals surface area contributed by atoms with E-state index in [0.717, 1.165) is 6.61 Å². The first-order chi connectivity index (χ1) is 8.55. The Kier molecular flexibility index (Phi) is 6.10. The molecule has 0 aliphatic heterocycles. The van der Waals surface area contributed by atoms with E-state index in [2.05, 4.69) is 65.0 Å². The van der Waals surface area contributed by atoms with Crippen LogP contribution >= 0.6 is 0 Å². The minimum absolute atomic E-state index is 0.608. The average Bonchev–Trinajstić information content (AvgIpc) is 2.35. The minimum Gasteiger partial charge on any atom is -0.412 e. The van der Waals surface area contributed by atoms with Crippen molar-refractivity contribution in [1.82, 2.24) is 0 Å². The summed E-state index contributed by atoms with van der Waals surface area (Å²) in [7, 11) is -1.86. The number of benzene rings is 1. The zero-order chi connectivity index (χ0) is 13.6. The van der Waals surface area contributed by atoms with Crippen molar-refractivity contribution in [2.24, 2.45) is 0 Å². The Bertz CT molecular complexity index is 324. The molecule has 0 aromatic heterocycles. The molecular formula is C16H28OSi. The smallest absolute Gasteiger partial charge is 0.229 e. The SMILES string of the molecule is CCCCO[Si](c1ccccc1)(C(C)C)C(C)C. The van der Waals surface area contributed by atoms with Crippen LogP contribution < -0.4 is 5.19 Å². The second kappa shape index (κ2) is 7.10. The lowest BCUT2D eigenvalue weighted by Gasteiger charge is -2.39. The molecule has 1 aromatic rings. The zero-order valence-corrected chi connectivity index (χ0v) is 13.6. The summed E-state index contributed by atoms with van der Waals surface area (Å²) in [6.45, 7) is 12.4. The molecule has 0 atom stereocenters. The normalized spacial score (nSPS) is 12.4. The van der Waals surface area contributed by atoms with Crippen molar-refractivity contribution in [2.75, 3.05) is 6.61 Å². The zero-order valence-electron chi connectivity index (χ0n) is 12.6. The molecule has 0 heterocycles. The molecule has 1 aromatic carbocycles. The van der Waals surface area contributed by atoms with Crippen molar-refractivity contribution in [3.8, 4) is 0 Å². The van der Waals surface area contributed by atoms with Crippen molar-refractivity contribution in [1.29, 1.82) is 0 Å². The van der Waals surface area contributed by atoms with Gasteiger partial charge in [0.15, 0.2) is 0 Å². The van der Waals surface area contributed by atoms with Crippen molar-refractivity contribution >= 4 is 13.5 Å². The summed E-state index contributed by atoms with van der Waals surface area (Å²) in [4.78, 5) is 0. The number of unbranched alkanes of at least 4 members (excludes halogenated alkanes) is 1. The van der Waals surface area contributed by atoms with Crippen LogP contribution in [0.4, 0.5) is 0 Å². The van der Waals surface area contributed by atoms with Crippen LogP contribution in [0.25, 0.3) is 0 Å². The molecule has 0 amide bonds. The van der Waals surface area contributed by atoms with Gasteiger partial charge in [0.25, 0.3) is 0 Å². The van der Waals surface area contributed by atoms with E-state index in [0.29, 0.717) is 11.1 Å². The molecule has 18 heavy (non-hydrogen) atoms. The summed E-state index contributed by atoms with van der Waals surface area (Å²) in [5, 5.41) is 1.45. The first-order valence-electron chi connectivity index (χ1n) is 7.25. The Morgan fingerprint density at radius 3 is 2.00 bits per heavy atom. The number of hydrogen-bond donors (Lipinski definition) is 0. The maximum atomic E-state index is 6.52. The highest BCUT2D eigenvalue weighted by atomic mass is 28.4. The lowest BCUT2D eigenvalue weighted by atomic mass is 10.4. The van der Waals surface area contributed by atoms with E-state index in [1.807, 2.05) is 0 Å². The second-order valence-corrected chi connectivity index (χ2v) is 10.4. The molecule has 102 valence electrons. The molecule has 0 N–H and O–H groups in total. The summed E-state index contributed by atoms with van der Waals surface area (Å²) >= 11 is 0. The largest absolute Gasteiger partial charge is 0.412 e. The van der Waals surface area contributed by atoms with Crippen LogP contribution in [0.1, 0.15) is 47.5 Å². The van der Waals surface area contributed by atoms with E-state index in [-0.39, 0.29) is 0 Å². The third kappa shape index (κ3) is 3.24. The summed E-state index contributed by atoms with van der Waals surface area (Å²) in [5.74, 6) is 0. The Hall–Kier alpha value is -0.603. The molecule has 1 rings (SSSR count). The monoisotopic (exact) mass is 264 g/mol. The Morgan fingerprint density at radius 2 is 1.56 bits per heavy atom.